The highest BCUT2D eigenvalue weighted by Crippen LogP contribution is 2.27. The van der Waals surface area contributed by atoms with Crippen molar-refractivity contribution in [2.24, 2.45) is 0 Å². The molecule has 0 radical (unpaired) electrons. The maximum atomic E-state index is 11.4. The van der Waals surface area contributed by atoms with Gasteiger partial charge in [0, 0.05) is 14.1 Å². The molecule has 1 aromatic rings. The molecule has 0 aromatic heterocycles. The molecule has 0 saturated heterocycles. The van der Waals surface area contributed by atoms with Gasteiger partial charge >= 0.3 is 5.97 Å². The van der Waals surface area contributed by atoms with Gasteiger partial charge in [0.05, 0.1) is 12.8 Å². The molecule has 0 spiro atoms. The van der Waals surface area contributed by atoms with E-state index in [9.17, 15) is 9.90 Å². The predicted molar refractivity (Wildman–Crippen MR) is 53.8 cm³/mol. The molecule has 0 unspecified atom stereocenters. The average molecular weight is 195 g/mol. The van der Waals surface area contributed by atoms with Crippen molar-refractivity contribution < 1.29 is 14.6 Å². The van der Waals surface area contributed by atoms with Crippen LogP contribution in [0.3, 0.4) is 0 Å². The minimum absolute atomic E-state index is 0.0666. The lowest BCUT2D eigenvalue weighted by atomic mass is 10.1. The fourth-order valence-corrected chi connectivity index (χ4v) is 1.21. The zero-order valence-corrected chi connectivity index (χ0v) is 8.44. The molecule has 0 aliphatic heterocycles. The highest BCUT2D eigenvalue weighted by Gasteiger charge is 2.17. The number of hydrogen-bond acceptors (Lipinski definition) is 4. The van der Waals surface area contributed by atoms with E-state index in [0.29, 0.717) is 5.69 Å². The van der Waals surface area contributed by atoms with Gasteiger partial charge in [-0.3, -0.25) is 0 Å². The van der Waals surface area contributed by atoms with Crippen LogP contribution in [0, 0.1) is 0 Å². The Morgan fingerprint density at radius 3 is 2.57 bits per heavy atom. The Balaban J connectivity index is 3.29. The Labute approximate surface area is 82.7 Å². The van der Waals surface area contributed by atoms with E-state index in [-0.39, 0.29) is 11.3 Å². The summed E-state index contributed by atoms with van der Waals surface area (Å²) >= 11 is 0. The fraction of sp³-hybridized carbons (Fsp3) is 0.300. The molecule has 0 aliphatic carbocycles. The molecule has 4 heteroatoms. The summed E-state index contributed by atoms with van der Waals surface area (Å²) in [7, 11) is 4.87. The molecule has 0 fully saturated rings. The van der Waals surface area contributed by atoms with Gasteiger partial charge < -0.3 is 14.7 Å². The summed E-state index contributed by atoms with van der Waals surface area (Å²) in [5, 5.41) is 9.51. The number of nitrogens with zero attached hydrogens (tertiary/aromatic N) is 1. The minimum Gasteiger partial charge on any atom is -0.507 e. The van der Waals surface area contributed by atoms with Gasteiger partial charge in [-0.1, -0.05) is 6.07 Å². The number of benzene rings is 1. The molecule has 14 heavy (non-hydrogen) atoms. The molecule has 1 aromatic carbocycles. The van der Waals surface area contributed by atoms with E-state index in [0.717, 1.165) is 0 Å². The van der Waals surface area contributed by atoms with Crippen LogP contribution in [0.5, 0.6) is 5.75 Å². The van der Waals surface area contributed by atoms with Crippen LogP contribution in [0.4, 0.5) is 5.69 Å². The van der Waals surface area contributed by atoms with Crippen LogP contribution >= 0.6 is 0 Å². The third kappa shape index (κ3) is 1.79. The van der Waals surface area contributed by atoms with Crippen molar-refractivity contribution in [1.82, 2.24) is 0 Å². The first-order chi connectivity index (χ1) is 6.57. The molecule has 0 atom stereocenters. The third-order valence-corrected chi connectivity index (χ3v) is 1.89. The van der Waals surface area contributed by atoms with E-state index in [4.69, 9.17) is 0 Å². The van der Waals surface area contributed by atoms with Crippen molar-refractivity contribution in [2.45, 2.75) is 0 Å². The molecule has 1 N–H and O–H groups in total. The summed E-state index contributed by atoms with van der Waals surface area (Å²) in [6.45, 7) is 0. The number of methoxy groups -OCH3 is 1. The summed E-state index contributed by atoms with van der Waals surface area (Å²) in [6.07, 6.45) is 0. The summed E-state index contributed by atoms with van der Waals surface area (Å²) in [6, 6.07) is 4.88. The van der Waals surface area contributed by atoms with E-state index in [1.165, 1.54) is 13.2 Å². The topological polar surface area (TPSA) is 49.8 Å². The molecule has 0 saturated carbocycles. The van der Waals surface area contributed by atoms with E-state index in [1.807, 2.05) is 0 Å². The third-order valence-electron chi connectivity index (χ3n) is 1.89. The SMILES string of the molecule is COC(=O)c1c(O)cccc1N(C)C. The first-order valence-corrected chi connectivity index (χ1v) is 4.15. The summed E-state index contributed by atoms with van der Waals surface area (Å²) < 4.78 is 4.58. The average Bonchev–Trinajstić information content (AvgIpc) is 2.16. The number of phenols is 1. The number of carbonyl (C=O) groups excluding carboxylic acids is 1. The lowest BCUT2D eigenvalue weighted by Gasteiger charge is -2.16. The first-order valence-electron chi connectivity index (χ1n) is 4.15. The van der Waals surface area contributed by atoms with Crippen LogP contribution in [-0.2, 0) is 4.74 Å². The Morgan fingerprint density at radius 2 is 2.07 bits per heavy atom. The van der Waals surface area contributed by atoms with E-state index >= 15 is 0 Å². The normalized spacial score (nSPS) is 9.64. The Hall–Kier alpha value is -1.71. The summed E-state index contributed by atoms with van der Waals surface area (Å²) in [5.41, 5.74) is 0.830. The second-order valence-electron chi connectivity index (χ2n) is 3.06. The number of esters is 1. The molecule has 76 valence electrons. The molecule has 0 amide bonds. The highest BCUT2D eigenvalue weighted by molar-refractivity contribution is 5.98. The van der Waals surface area contributed by atoms with Crippen molar-refractivity contribution in [1.29, 1.82) is 0 Å². The monoisotopic (exact) mass is 195 g/mol. The second-order valence-corrected chi connectivity index (χ2v) is 3.06. The molecule has 0 bridgehead atoms. The van der Waals surface area contributed by atoms with Crippen LogP contribution in [-0.4, -0.2) is 32.3 Å². The van der Waals surface area contributed by atoms with Gasteiger partial charge in [0.2, 0.25) is 0 Å². The maximum absolute atomic E-state index is 11.4. The Morgan fingerprint density at radius 1 is 1.43 bits per heavy atom. The molecule has 0 aliphatic rings. The van der Waals surface area contributed by atoms with Crippen molar-refractivity contribution in [3.8, 4) is 5.75 Å². The number of phenolic OH excluding ortho intramolecular Hbond substituents is 1. The highest BCUT2D eigenvalue weighted by atomic mass is 16.5. The zero-order valence-electron chi connectivity index (χ0n) is 8.44. The van der Waals surface area contributed by atoms with Crippen LogP contribution in [0.2, 0.25) is 0 Å². The molecule has 1 rings (SSSR count). The van der Waals surface area contributed by atoms with Gasteiger partial charge in [-0.2, -0.15) is 0 Å². The summed E-state index contributed by atoms with van der Waals surface area (Å²) in [5.74, 6) is -0.602. The van der Waals surface area contributed by atoms with Crippen molar-refractivity contribution in [3.63, 3.8) is 0 Å². The minimum atomic E-state index is -0.535. The predicted octanol–water partition coefficient (Wildman–Crippen LogP) is 1.24. The number of hydrogen-bond donors (Lipinski definition) is 1. The van der Waals surface area contributed by atoms with Gasteiger partial charge in [0.1, 0.15) is 11.3 Å². The summed E-state index contributed by atoms with van der Waals surface area (Å²) in [4.78, 5) is 13.1. The van der Waals surface area contributed by atoms with Gasteiger partial charge in [-0.15, -0.1) is 0 Å². The van der Waals surface area contributed by atoms with Crippen LogP contribution in [0.25, 0.3) is 0 Å². The van der Waals surface area contributed by atoms with Crippen LogP contribution < -0.4 is 4.90 Å². The van der Waals surface area contributed by atoms with Gasteiger partial charge in [-0.05, 0) is 12.1 Å². The van der Waals surface area contributed by atoms with Crippen molar-refractivity contribution in [3.05, 3.63) is 23.8 Å². The van der Waals surface area contributed by atoms with Crippen molar-refractivity contribution >= 4 is 11.7 Å². The number of rotatable bonds is 2. The largest absolute Gasteiger partial charge is 0.507 e. The smallest absolute Gasteiger partial charge is 0.343 e. The standard InChI is InChI=1S/C10H13NO3/c1-11(2)7-5-4-6-8(12)9(7)10(13)14-3/h4-6,12H,1-3H3. The van der Waals surface area contributed by atoms with Gasteiger partial charge in [0.15, 0.2) is 0 Å². The van der Waals surface area contributed by atoms with E-state index in [2.05, 4.69) is 4.74 Å². The lowest BCUT2D eigenvalue weighted by Crippen LogP contribution is -2.14. The number of ether oxygens (including phenoxy) is 1. The molecule has 0 heterocycles. The van der Waals surface area contributed by atoms with Crippen molar-refractivity contribution in [2.75, 3.05) is 26.1 Å². The van der Waals surface area contributed by atoms with E-state index in [1.54, 1.807) is 31.1 Å². The Kier molecular flexibility index (Phi) is 2.96. The quantitative estimate of drug-likeness (QED) is 0.721. The molecular formula is C10H13NO3. The van der Waals surface area contributed by atoms with Gasteiger partial charge in [-0.25, -0.2) is 4.79 Å². The Bertz CT molecular complexity index is 347. The first kappa shape index (κ1) is 10.4. The molecular weight excluding hydrogens is 182 g/mol. The number of aromatic hydroxyl groups is 1. The number of anilines is 1. The van der Waals surface area contributed by atoms with Crippen LogP contribution in [0.1, 0.15) is 10.4 Å². The maximum Gasteiger partial charge on any atom is 0.343 e. The molecule has 4 nitrogen and oxygen atoms in total. The van der Waals surface area contributed by atoms with Gasteiger partial charge in [0.25, 0.3) is 0 Å². The zero-order chi connectivity index (χ0) is 10.7. The second kappa shape index (κ2) is 4.00. The van der Waals surface area contributed by atoms with Crippen LogP contribution in [0.15, 0.2) is 18.2 Å². The number of carbonyl (C=O) groups is 1. The van der Waals surface area contributed by atoms with E-state index < -0.39 is 5.97 Å². The lowest BCUT2D eigenvalue weighted by molar-refractivity contribution is 0.0598. The fourth-order valence-electron chi connectivity index (χ4n) is 1.21.